The van der Waals surface area contributed by atoms with Gasteiger partial charge in [0.25, 0.3) is 0 Å². The molecule has 0 radical (unpaired) electrons. The molecule has 1 aliphatic heterocycles. The van der Waals surface area contributed by atoms with Crippen LogP contribution in [0.15, 0.2) is 204 Å². The molecule has 0 atom stereocenters. The molecule has 0 amide bonds. The third-order valence-corrected chi connectivity index (χ3v) is 10.2. The molecule has 0 unspecified atom stereocenters. The third-order valence-electron chi connectivity index (χ3n) is 10.2. The zero-order valence-electron chi connectivity index (χ0n) is 28.4. The van der Waals surface area contributed by atoms with Crippen LogP contribution < -0.4 is 0 Å². The molecule has 0 saturated heterocycles. The Morgan fingerprint density at radius 1 is 0.231 bits per heavy atom. The molecule has 1 heterocycles. The van der Waals surface area contributed by atoms with E-state index in [1.165, 1.54) is 54.6 Å². The van der Waals surface area contributed by atoms with Gasteiger partial charge < -0.3 is 0 Å². The molecular weight excluding hydrogens is 629 g/mol. The monoisotopic (exact) mass is 660 g/mol. The van der Waals surface area contributed by atoms with E-state index in [0.29, 0.717) is 0 Å². The molecule has 10 rings (SSSR count). The first kappa shape index (κ1) is 30.0. The molecule has 52 heavy (non-hydrogen) atoms. The maximum absolute atomic E-state index is 5.43. The quantitative estimate of drug-likeness (QED) is 0.179. The number of hydrogen-bond acceptors (Lipinski definition) is 2. The number of aliphatic imine (C=N–C) groups is 2. The summed E-state index contributed by atoms with van der Waals surface area (Å²) in [5.74, 6) is 0. The molecule has 0 saturated carbocycles. The van der Waals surface area contributed by atoms with Crippen molar-refractivity contribution in [2.45, 2.75) is 0 Å². The summed E-state index contributed by atoms with van der Waals surface area (Å²) < 4.78 is 0. The van der Waals surface area contributed by atoms with Crippen LogP contribution >= 0.6 is 0 Å². The van der Waals surface area contributed by atoms with Gasteiger partial charge in [-0.1, -0.05) is 152 Å². The van der Waals surface area contributed by atoms with Crippen molar-refractivity contribution in [2.75, 3.05) is 0 Å². The van der Waals surface area contributed by atoms with Gasteiger partial charge in [-0.15, -0.1) is 0 Å². The highest BCUT2D eigenvalue weighted by Crippen LogP contribution is 2.35. The van der Waals surface area contributed by atoms with Gasteiger partial charge in [0.15, 0.2) is 0 Å². The van der Waals surface area contributed by atoms with Crippen LogP contribution in [0.2, 0.25) is 0 Å². The summed E-state index contributed by atoms with van der Waals surface area (Å²) in [6.45, 7) is 0. The summed E-state index contributed by atoms with van der Waals surface area (Å²) in [5, 5.41) is 7.25. The van der Waals surface area contributed by atoms with Gasteiger partial charge in [0, 0.05) is 22.3 Å². The van der Waals surface area contributed by atoms with E-state index < -0.39 is 0 Å². The van der Waals surface area contributed by atoms with Crippen LogP contribution in [0.25, 0.3) is 54.6 Å². The maximum Gasteiger partial charge on any atom is 0.0803 e. The van der Waals surface area contributed by atoms with Crippen LogP contribution in [0, 0.1) is 0 Å². The average molecular weight is 661 g/mol. The lowest BCUT2D eigenvalue weighted by Crippen LogP contribution is -2.10. The van der Waals surface area contributed by atoms with Gasteiger partial charge >= 0.3 is 0 Å². The largest absolute Gasteiger partial charge is 0.247 e. The molecule has 0 aliphatic carbocycles. The molecule has 0 N–H and O–H groups in total. The van der Waals surface area contributed by atoms with Gasteiger partial charge in [0.2, 0.25) is 0 Å². The van der Waals surface area contributed by atoms with Gasteiger partial charge in [-0.05, 0) is 97.0 Å². The molecule has 2 heteroatoms. The first-order valence-corrected chi connectivity index (χ1v) is 17.7. The van der Waals surface area contributed by atoms with E-state index in [1.807, 2.05) is 0 Å². The Kier molecular flexibility index (Phi) is 7.18. The highest BCUT2D eigenvalue weighted by Gasteiger charge is 2.20. The van der Waals surface area contributed by atoms with Crippen molar-refractivity contribution >= 4 is 55.1 Å². The van der Waals surface area contributed by atoms with Gasteiger partial charge in [-0.2, -0.15) is 0 Å². The maximum atomic E-state index is 5.43. The minimum Gasteiger partial charge on any atom is -0.247 e. The van der Waals surface area contributed by atoms with Crippen LogP contribution in [0.1, 0.15) is 22.3 Å². The summed E-state index contributed by atoms with van der Waals surface area (Å²) in [7, 11) is 0. The van der Waals surface area contributed by atoms with Crippen molar-refractivity contribution < 1.29 is 0 Å². The first-order chi connectivity index (χ1) is 25.7. The molecule has 0 bridgehead atoms. The number of para-hydroxylation sites is 2. The van der Waals surface area contributed by atoms with E-state index in [9.17, 15) is 0 Å². The lowest BCUT2D eigenvalue weighted by molar-refractivity contribution is 1.39. The van der Waals surface area contributed by atoms with Crippen LogP contribution in [-0.2, 0) is 0 Å². The SMILES string of the molecule is c1ccc(-c2ccc3cc(/C4=N/c5ccccc5/C(c5ccc6cc(-c7ccc8ccccc8c7)ccc6c5)=N\c5ccccc54)ccc3c2)cc1. The van der Waals surface area contributed by atoms with Crippen LogP contribution in [0.3, 0.4) is 0 Å². The Balaban J connectivity index is 1.06. The number of fused-ring (bicyclic) bond motifs is 5. The Hall–Kier alpha value is -6.90. The number of nitrogens with zero attached hydrogens (tertiary/aromatic N) is 2. The molecule has 0 spiro atoms. The summed E-state index contributed by atoms with van der Waals surface area (Å²) in [6.07, 6.45) is 0. The minimum atomic E-state index is 0.900. The Labute approximate surface area is 302 Å². The zero-order valence-corrected chi connectivity index (χ0v) is 28.4. The molecule has 2 nitrogen and oxygen atoms in total. The highest BCUT2D eigenvalue weighted by atomic mass is 14.8. The summed E-state index contributed by atoms with van der Waals surface area (Å²) >= 11 is 0. The van der Waals surface area contributed by atoms with Gasteiger partial charge in [0.1, 0.15) is 0 Å². The topological polar surface area (TPSA) is 24.7 Å². The normalized spacial score (nSPS) is 14.5. The molecular formula is C50H32N2. The van der Waals surface area contributed by atoms with Crippen molar-refractivity contribution in [3.05, 3.63) is 216 Å². The summed E-state index contributed by atoms with van der Waals surface area (Å²) in [4.78, 5) is 10.9. The zero-order chi connectivity index (χ0) is 34.4. The van der Waals surface area contributed by atoms with Gasteiger partial charge in [-0.3, -0.25) is 0 Å². The standard InChI is InChI=1S/C50H32N2/c1-2-10-33(11-3-1)36-20-21-41-31-43(26-24-39(41)29-36)49-45-14-6-8-16-47(45)52-50(46-15-7-9-17-48(46)51-49)44-27-25-40-30-38(22-23-42(40)32-44)37-19-18-34-12-4-5-13-35(34)28-37/h1-32H/b49-45?,50-46?,51-48?,51-49-,52-47?,52-50-. The van der Waals surface area contributed by atoms with E-state index in [1.54, 1.807) is 0 Å². The Bertz CT molecular complexity index is 2900. The van der Waals surface area contributed by atoms with E-state index in [2.05, 4.69) is 194 Å². The smallest absolute Gasteiger partial charge is 0.0803 e. The van der Waals surface area contributed by atoms with Gasteiger partial charge in [-0.25, -0.2) is 9.98 Å². The minimum absolute atomic E-state index is 0.900. The Morgan fingerprint density at radius 2 is 0.577 bits per heavy atom. The van der Waals surface area contributed by atoms with Crippen molar-refractivity contribution in [3.8, 4) is 22.3 Å². The van der Waals surface area contributed by atoms with Crippen molar-refractivity contribution in [1.29, 1.82) is 0 Å². The fourth-order valence-electron chi connectivity index (χ4n) is 7.49. The molecule has 242 valence electrons. The second-order valence-corrected chi connectivity index (χ2v) is 13.4. The molecule has 1 aliphatic rings. The highest BCUT2D eigenvalue weighted by molar-refractivity contribution is 6.23. The van der Waals surface area contributed by atoms with Crippen molar-refractivity contribution in [3.63, 3.8) is 0 Å². The Morgan fingerprint density at radius 3 is 1.10 bits per heavy atom. The average Bonchev–Trinajstić information content (AvgIpc) is 3.21. The fraction of sp³-hybridized carbons (Fsp3) is 0. The number of benzene rings is 9. The molecule has 9 aromatic carbocycles. The first-order valence-electron chi connectivity index (χ1n) is 17.7. The van der Waals surface area contributed by atoms with E-state index in [0.717, 1.165) is 45.1 Å². The lowest BCUT2D eigenvalue weighted by Gasteiger charge is -2.18. The van der Waals surface area contributed by atoms with Crippen LogP contribution in [0.4, 0.5) is 11.4 Å². The van der Waals surface area contributed by atoms with Crippen molar-refractivity contribution in [2.24, 2.45) is 9.98 Å². The van der Waals surface area contributed by atoms with E-state index in [4.69, 9.17) is 9.98 Å². The van der Waals surface area contributed by atoms with Gasteiger partial charge in [0.05, 0.1) is 22.8 Å². The lowest BCUT2D eigenvalue weighted by atomic mass is 9.93. The van der Waals surface area contributed by atoms with E-state index >= 15 is 0 Å². The number of rotatable bonds is 4. The predicted octanol–water partition coefficient (Wildman–Crippen LogP) is 13.1. The van der Waals surface area contributed by atoms with E-state index in [-0.39, 0.29) is 0 Å². The predicted molar refractivity (Wildman–Crippen MR) is 220 cm³/mol. The third kappa shape index (κ3) is 5.39. The van der Waals surface area contributed by atoms with Crippen LogP contribution in [-0.4, -0.2) is 11.4 Å². The molecule has 9 aromatic rings. The summed E-state index contributed by atoms with van der Waals surface area (Å²) in [5.41, 5.74) is 12.6. The summed E-state index contributed by atoms with van der Waals surface area (Å²) in [6, 6.07) is 69.3. The fourth-order valence-corrected chi connectivity index (χ4v) is 7.49. The second-order valence-electron chi connectivity index (χ2n) is 13.4. The van der Waals surface area contributed by atoms with Crippen molar-refractivity contribution in [1.82, 2.24) is 0 Å². The van der Waals surface area contributed by atoms with Crippen LogP contribution in [0.5, 0.6) is 0 Å². The second kappa shape index (κ2) is 12.5. The number of hydrogen-bond donors (Lipinski definition) is 0. The molecule has 0 fully saturated rings. The molecule has 0 aromatic heterocycles.